The fourth-order valence-electron chi connectivity index (χ4n) is 3.15. The molecule has 0 spiro atoms. The highest BCUT2D eigenvalue weighted by Gasteiger charge is 2.16. The van der Waals surface area contributed by atoms with Crippen LogP contribution in [-0.4, -0.2) is 12.5 Å². The van der Waals surface area contributed by atoms with Crippen molar-refractivity contribution in [2.75, 3.05) is 11.9 Å². The lowest BCUT2D eigenvalue weighted by Gasteiger charge is -2.18. The second-order valence-corrected chi connectivity index (χ2v) is 7.68. The summed E-state index contributed by atoms with van der Waals surface area (Å²) >= 11 is 1.67. The van der Waals surface area contributed by atoms with Crippen LogP contribution < -0.4 is 15.4 Å². The molecule has 0 radical (unpaired) electrons. The molecule has 0 unspecified atom stereocenters. The summed E-state index contributed by atoms with van der Waals surface area (Å²) in [5.41, 5.74) is 1.76. The van der Waals surface area contributed by atoms with Gasteiger partial charge in [-0.3, -0.25) is 10.1 Å². The quantitative estimate of drug-likeness (QED) is 0.380. The van der Waals surface area contributed by atoms with E-state index in [0.717, 1.165) is 11.3 Å². The molecule has 3 aromatic carbocycles. The first kappa shape index (κ1) is 19.9. The first-order chi connectivity index (χ1) is 14.8. The number of hydrogen-bond donors (Lipinski definition) is 2. The average Bonchev–Trinajstić information content (AvgIpc) is 3.31. The molecular weight excluding hydrogens is 392 g/mol. The minimum Gasteiger partial charge on any atom is -0.455 e. The van der Waals surface area contributed by atoms with Crippen molar-refractivity contribution in [3.63, 3.8) is 0 Å². The molecule has 0 saturated heterocycles. The van der Waals surface area contributed by atoms with Crippen molar-refractivity contribution >= 4 is 22.9 Å². The number of anilines is 1. The van der Waals surface area contributed by atoms with E-state index in [9.17, 15) is 4.79 Å². The SMILES string of the molecule is O=C(CN[C@H](c1ccccc1)c1cccs1)Nc1ccccc1Oc1ccccc1. The number of benzene rings is 3. The molecule has 0 bridgehead atoms. The Kier molecular flexibility index (Phi) is 6.54. The Morgan fingerprint density at radius 2 is 1.53 bits per heavy atom. The molecule has 1 amide bonds. The highest BCUT2D eigenvalue weighted by Crippen LogP contribution is 2.29. The molecule has 4 nitrogen and oxygen atoms in total. The van der Waals surface area contributed by atoms with E-state index in [0.29, 0.717) is 11.4 Å². The molecule has 0 saturated carbocycles. The van der Waals surface area contributed by atoms with E-state index in [1.807, 2.05) is 84.2 Å². The van der Waals surface area contributed by atoms with E-state index in [1.54, 1.807) is 11.3 Å². The number of carbonyl (C=O) groups excluding carboxylic acids is 1. The number of para-hydroxylation sites is 3. The number of ether oxygens (including phenoxy) is 1. The molecule has 0 aliphatic rings. The second kappa shape index (κ2) is 9.87. The molecule has 2 N–H and O–H groups in total. The minimum atomic E-state index is -0.128. The van der Waals surface area contributed by atoms with Gasteiger partial charge in [0.2, 0.25) is 5.91 Å². The lowest BCUT2D eigenvalue weighted by Crippen LogP contribution is -2.31. The van der Waals surface area contributed by atoms with Crippen LogP contribution in [0.4, 0.5) is 5.69 Å². The average molecular weight is 415 g/mol. The number of nitrogens with one attached hydrogen (secondary N) is 2. The topological polar surface area (TPSA) is 50.4 Å². The van der Waals surface area contributed by atoms with Crippen molar-refractivity contribution in [2.24, 2.45) is 0 Å². The number of rotatable bonds is 8. The zero-order valence-electron chi connectivity index (χ0n) is 16.3. The van der Waals surface area contributed by atoms with Gasteiger partial charge in [0.05, 0.1) is 18.3 Å². The first-order valence-electron chi connectivity index (χ1n) is 9.73. The molecule has 4 rings (SSSR count). The Labute approximate surface area is 180 Å². The largest absolute Gasteiger partial charge is 0.455 e. The smallest absolute Gasteiger partial charge is 0.238 e. The lowest BCUT2D eigenvalue weighted by atomic mass is 10.1. The van der Waals surface area contributed by atoms with Crippen LogP contribution in [0.1, 0.15) is 16.5 Å². The van der Waals surface area contributed by atoms with Crippen LogP contribution in [0.3, 0.4) is 0 Å². The Balaban J connectivity index is 1.43. The van der Waals surface area contributed by atoms with Crippen molar-refractivity contribution in [1.82, 2.24) is 5.32 Å². The summed E-state index contributed by atoms with van der Waals surface area (Å²) in [6.45, 7) is 0.178. The summed E-state index contributed by atoms with van der Waals surface area (Å²) in [7, 11) is 0. The molecular formula is C25H22N2O2S. The standard InChI is InChI=1S/C25H22N2O2S/c28-24(18-26-25(23-16-9-17-30-23)19-10-3-1-4-11-19)27-21-14-7-8-15-22(21)29-20-12-5-2-6-13-20/h1-17,25-26H,18H2,(H,27,28)/t25-/m1/s1. The Hall–Kier alpha value is -3.41. The number of hydrogen-bond acceptors (Lipinski definition) is 4. The predicted octanol–water partition coefficient (Wildman–Crippen LogP) is 5.86. The fourth-order valence-corrected chi connectivity index (χ4v) is 3.97. The van der Waals surface area contributed by atoms with E-state index >= 15 is 0 Å². The van der Waals surface area contributed by atoms with Gasteiger partial charge < -0.3 is 10.1 Å². The van der Waals surface area contributed by atoms with Gasteiger partial charge >= 0.3 is 0 Å². The molecule has 0 aliphatic heterocycles. The molecule has 4 aromatic rings. The van der Waals surface area contributed by atoms with Crippen LogP contribution >= 0.6 is 11.3 Å². The molecule has 30 heavy (non-hydrogen) atoms. The van der Waals surface area contributed by atoms with Crippen molar-refractivity contribution in [3.8, 4) is 11.5 Å². The van der Waals surface area contributed by atoms with Crippen LogP contribution in [-0.2, 0) is 4.79 Å². The van der Waals surface area contributed by atoms with Gasteiger partial charge in [-0.2, -0.15) is 0 Å². The van der Waals surface area contributed by atoms with Crippen molar-refractivity contribution < 1.29 is 9.53 Å². The third-order valence-corrected chi connectivity index (χ3v) is 5.50. The molecule has 150 valence electrons. The third kappa shape index (κ3) is 5.14. The maximum Gasteiger partial charge on any atom is 0.238 e. The van der Waals surface area contributed by atoms with Gasteiger partial charge in [0.15, 0.2) is 5.75 Å². The van der Waals surface area contributed by atoms with E-state index in [2.05, 4.69) is 28.8 Å². The van der Waals surface area contributed by atoms with Crippen LogP contribution in [0.2, 0.25) is 0 Å². The highest BCUT2D eigenvalue weighted by atomic mass is 32.1. The monoisotopic (exact) mass is 414 g/mol. The van der Waals surface area contributed by atoms with Gasteiger partial charge in [0.1, 0.15) is 5.75 Å². The Bertz CT molecular complexity index is 1070. The van der Waals surface area contributed by atoms with Gasteiger partial charge in [-0.25, -0.2) is 0 Å². The van der Waals surface area contributed by atoms with Crippen LogP contribution in [0.25, 0.3) is 0 Å². The summed E-state index contributed by atoms with van der Waals surface area (Å²) in [5, 5.41) is 8.39. The van der Waals surface area contributed by atoms with E-state index < -0.39 is 0 Å². The molecule has 1 heterocycles. The Morgan fingerprint density at radius 3 is 2.27 bits per heavy atom. The minimum absolute atomic E-state index is 0.0345. The second-order valence-electron chi connectivity index (χ2n) is 6.70. The van der Waals surface area contributed by atoms with Crippen LogP contribution in [0.5, 0.6) is 11.5 Å². The van der Waals surface area contributed by atoms with Crippen molar-refractivity contribution in [2.45, 2.75) is 6.04 Å². The van der Waals surface area contributed by atoms with E-state index in [-0.39, 0.29) is 18.5 Å². The Morgan fingerprint density at radius 1 is 0.833 bits per heavy atom. The molecule has 0 fully saturated rings. The third-order valence-electron chi connectivity index (χ3n) is 4.56. The van der Waals surface area contributed by atoms with Crippen LogP contribution in [0.15, 0.2) is 102 Å². The number of carbonyl (C=O) groups is 1. The number of thiophene rings is 1. The molecule has 1 atom stereocenters. The normalized spacial score (nSPS) is 11.6. The van der Waals surface area contributed by atoms with Crippen LogP contribution in [0, 0.1) is 0 Å². The van der Waals surface area contributed by atoms with Gasteiger partial charge in [0.25, 0.3) is 0 Å². The van der Waals surface area contributed by atoms with Gasteiger partial charge in [0, 0.05) is 4.88 Å². The maximum absolute atomic E-state index is 12.7. The van der Waals surface area contributed by atoms with E-state index in [4.69, 9.17) is 4.74 Å². The molecule has 0 aliphatic carbocycles. The maximum atomic E-state index is 12.7. The predicted molar refractivity (Wildman–Crippen MR) is 122 cm³/mol. The van der Waals surface area contributed by atoms with Gasteiger partial charge in [-0.05, 0) is 41.3 Å². The first-order valence-corrected chi connectivity index (χ1v) is 10.6. The summed E-state index contributed by atoms with van der Waals surface area (Å²) in [4.78, 5) is 13.9. The summed E-state index contributed by atoms with van der Waals surface area (Å²) in [5.74, 6) is 1.20. The zero-order valence-corrected chi connectivity index (χ0v) is 17.1. The van der Waals surface area contributed by atoms with Gasteiger partial charge in [-0.1, -0.05) is 66.7 Å². The highest BCUT2D eigenvalue weighted by molar-refractivity contribution is 7.10. The lowest BCUT2D eigenvalue weighted by molar-refractivity contribution is -0.115. The van der Waals surface area contributed by atoms with E-state index in [1.165, 1.54) is 4.88 Å². The zero-order chi connectivity index (χ0) is 20.6. The molecule has 5 heteroatoms. The fraction of sp³-hybridized carbons (Fsp3) is 0.0800. The van der Waals surface area contributed by atoms with Crippen molar-refractivity contribution in [3.05, 3.63) is 113 Å². The van der Waals surface area contributed by atoms with Crippen molar-refractivity contribution in [1.29, 1.82) is 0 Å². The molecule has 1 aromatic heterocycles. The summed E-state index contributed by atoms with van der Waals surface area (Å²) in [6.07, 6.45) is 0. The summed E-state index contributed by atoms with van der Waals surface area (Å²) < 4.78 is 5.93. The summed E-state index contributed by atoms with van der Waals surface area (Å²) in [6, 6.07) is 31.2. The van der Waals surface area contributed by atoms with Gasteiger partial charge in [-0.15, -0.1) is 11.3 Å². The number of amides is 1.